The predicted octanol–water partition coefficient (Wildman–Crippen LogP) is 2.76. The smallest absolute Gasteiger partial charge is 0.261 e. The van der Waals surface area contributed by atoms with E-state index in [4.69, 9.17) is 4.74 Å². The highest BCUT2D eigenvalue weighted by Gasteiger charge is 2.19. The average Bonchev–Trinajstić information content (AvgIpc) is 2.57. The summed E-state index contributed by atoms with van der Waals surface area (Å²) in [7, 11) is 1.61. The molecule has 0 saturated heterocycles. The van der Waals surface area contributed by atoms with Crippen LogP contribution < -0.4 is 10.2 Å². The molecule has 2 aromatic rings. The van der Waals surface area contributed by atoms with Crippen LogP contribution in [0.4, 0.5) is 0 Å². The first kappa shape index (κ1) is 16.2. The SMILES string of the molecule is COc1ccc(/C=N\NC(=O)[C@H](C#N)c2ccccc2)cc1C. The maximum Gasteiger partial charge on any atom is 0.261 e. The maximum absolute atomic E-state index is 12.1. The van der Waals surface area contributed by atoms with Crippen molar-refractivity contribution >= 4 is 12.1 Å². The van der Waals surface area contributed by atoms with Crippen LogP contribution in [0.2, 0.25) is 0 Å². The van der Waals surface area contributed by atoms with Gasteiger partial charge in [0.15, 0.2) is 5.92 Å². The van der Waals surface area contributed by atoms with Crippen molar-refractivity contribution in [3.05, 3.63) is 65.2 Å². The minimum Gasteiger partial charge on any atom is -0.496 e. The number of nitrogens with zero attached hydrogens (tertiary/aromatic N) is 2. The molecular formula is C18H17N3O2. The molecule has 1 amide bonds. The van der Waals surface area contributed by atoms with Gasteiger partial charge in [-0.25, -0.2) is 5.43 Å². The molecule has 1 atom stereocenters. The molecule has 0 aromatic heterocycles. The van der Waals surface area contributed by atoms with Crippen LogP contribution in [0.15, 0.2) is 53.6 Å². The second kappa shape index (κ2) is 7.76. The predicted molar refractivity (Wildman–Crippen MR) is 88.3 cm³/mol. The molecule has 0 bridgehead atoms. The van der Waals surface area contributed by atoms with Gasteiger partial charge in [0, 0.05) is 0 Å². The first-order valence-corrected chi connectivity index (χ1v) is 7.08. The summed E-state index contributed by atoms with van der Waals surface area (Å²) in [5, 5.41) is 13.1. The molecule has 23 heavy (non-hydrogen) atoms. The summed E-state index contributed by atoms with van der Waals surface area (Å²) in [4.78, 5) is 12.1. The van der Waals surface area contributed by atoms with E-state index in [1.165, 1.54) is 6.21 Å². The summed E-state index contributed by atoms with van der Waals surface area (Å²) in [6.07, 6.45) is 1.53. The Morgan fingerprint density at radius 2 is 2.04 bits per heavy atom. The lowest BCUT2D eigenvalue weighted by Gasteiger charge is -2.07. The number of carbonyl (C=O) groups is 1. The number of hydrogen-bond donors (Lipinski definition) is 1. The van der Waals surface area contributed by atoms with Gasteiger partial charge in [0.05, 0.1) is 19.4 Å². The Labute approximate surface area is 135 Å². The Balaban J connectivity index is 2.03. The van der Waals surface area contributed by atoms with Crippen molar-refractivity contribution in [2.45, 2.75) is 12.8 Å². The van der Waals surface area contributed by atoms with E-state index < -0.39 is 11.8 Å². The maximum atomic E-state index is 12.1. The summed E-state index contributed by atoms with van der Waals surface area (Å²) in [5.41, 5.74) is 4.85. The number of benzene rings is 2. The number of amides is 1. The second-order valence-corrected chi connectivity index (χ2v) is 4.94. The van der Waals surface area contributed by atoms with Gasteiger partial charge in [-0.15, -0.1) is 0 Å². The molecule has 0 aliphatic carbocycles. The van der Waals surface area contributed by atoms with E-state index in [9.17, 15) is 10.1 Å². The fraction of sp³-hybridized carbons (Fsp3) is 0.167. The normalized spacial score (nSPS) is 11.7. The summed E-state index contributed by atoms with van der Waals surface area (Å²) in [5.74, 6) is -0.550. The van der Waals surface area contributed by atoms with Crippen molar-refractivity contribution < 1.29 is 9.53 Å². The van der Waals surface area contributed by atoms with E-state index in [1.807, 2.05) is 37.3 Å². The third kappa shape index (κ3) is 4.17. The zero-order chi connectivity index (χ0) is 16.7. The van der Waals surface area contributed by atoms with Crippen LogP contribution in [0.5, 0.6) is 5.75 Å². The molecule has 116 valence electrons. The minimum atomic E-state index is -0.883. The number of hydrogen-bond acceptors (Lipinski definition) is 4. The van der Waals surface area contributed by atoms with Crippen LogP contribution in [-0.2, 0) is 4.79 Å². The lowest BCUT2D eigenvalue weighted by atomic mass is 10.0. The Hall–Kier alpha value is -3.13. The van der Waals surface area contributed by atoms with E-state index in [0.717, 1.165) is 16.9 Å². The van der Waals surface area contributed by atoms with Crippen molar-refractivity contribution in [3.63, 3.8) is 0 Å². The molecule has 0 fully saturated rings. The molecule has 0 heterocycles. The number of nitrogens with one attached hydrogen (secondary N) is 1. The molecular weight excluding hydrogens is 290 g/mol. The van der Waals surface area contributed by atoms with E-state index in [-0.39, 0.29) is 0 Å². The first-order valence-electron chi connectivity index (χ1n) is 7.08. The van der Waals surface area contributed by atoms with Gasteiger partial charge in [-0.2, -0.15) is 10.4 Å². The van der Waals surface area contributed by atoms with Crippen LogP contribution in [0.25, 0.3) is 0 Å². The number of aryl methyl sites for hydroxylation is 1. The molecule has 2 aromatic carbocycles. The summed E-state index contributed by atoms with van der Waals surface area (Å²) >= 11 is 0. The molecule has 5 nitrogen and oxygen atoms in total. The van der Waals surface area contributed by atoms with Crippen molar-refractivity contribution in [3.8, 4) is 11.8 Å². The fourth-order valence-corrected chi connectivity index (χ4v) is 2.15. The quantitative estimate of drug-likeness (QED) is 0.682. The van der Waals surface area contributed by atoms with Crippen molar-refractivity contribution in [1.82, 2.24) is 5.43 Å². The number of methoxy groups -OCH3 is 1. The zero-order valence-corrected chi connectivity index (χ0v) is 13.0. The van der Waals surface area contributed by atoms with E-state index in [1.54, 1.807) is 31.4 Å². The topological polar surface area (TPSA) is 74.5 Å². The minimum absolute atomic E-state index is 0.458. The van der Waals surface area contributed by atoms with Crippen LogP contribution in [0.3, 0.4) is 0 Å². The van der Waals surface area contributed by atoms with Gasteiger partial charge in [-0.1, -0.05) is 30.3 Å². The molecule has 0 unspecified atom stereocenters. The molecule has 0 radical (unpaired) electrons. The lowest BCUT2D eigenvalue weighted by Crippen LogP contribution is -2.24. The van der Waals surface area contributed by atoms with Gasteiger partial charge >= 0.3 is 0 Å². The average molecular weight is 307 g/mol. The fourth-order valence-electron chi connectivity index (χ4n) is 2.15. The Morgan fingerprint density at radius 3 is 2.65 bits per heavy atom. The summed E-state index contributed by atoms with van der Waals surface area (Å²) in [6, 6.07) is 16.4. The third-order valence-electron chi connectivity index (χ3n) is 3.33. The van der Waals surface area contributed by atoms with Gasteiger partial charge in [0.2, 0.25) is 0 Å². The number of hydrazone groups is 1. The highest BCUT2D eigenvalue weighted by molar-refractivity contribution is 5.88. The largest absolute Gasteiger partial charge is 0.496 e. The van der Waals surface area contributed by atoms with Crippen molar-refractivity contribution in [1.29, 1.82) is 5.26 Å². The molecule has 0 saturated carbocycles. The molecule has 2 rings (SSSR count). The number of ether oxygens (including phenoxy) is 1. The van der Waals surface area contributed by atoms with Crippen molar-refractivity contribution in [2.24, 2.45) is 5.10 Å². The highest BCUT2D eigenvalue weighted by Crippen LogP contribution is 2.17. The van der Waals surface area contributed by atoms with Gasteiger partial charge in [-0.3, -0.25) is 4.79 Å². The molecule has 0 aliphatic rings. The number of carbonyl (C=O) groups excluding carboxylic acids is 1. The Morgan fingerprint density at radius 1 is 1.30 bits per heavy atom. The Bertz CT molecular complexity index is 749. The monoisotopic (exact) mass is 307 g/mol. The molecule has 5 heteroatoms. The van der Waals surface area contributed by atoms with E-state index in [2.05, 4.69) is 10.5 Å². The molecule has 1 N–H and O–H groups in total. The Kier molecular flexibility index (Phi) is 5.48. The summed E-state index contributed by atoms with van der Waals surface area (Å²) < 4.78 is 5.19. The van der Waals surface area contributed by atoms with Gasteiger partial charge < -0.3 is 4.74 Å². The standard InChI is InChI=1S/C18H17N3O2/c1-13-10-14(8-9-17(13)23-2)12-20-21-18(22)16(11-19)15-6-4-3-5-7-15/h3-10,12,16H,1-2H3,(H,21,22)/b20-12-/t16-/m1/s1. The van der Waals surface area contributed by atoms with Crippen LogP contribution in [0.1, 0.15) is 22.6 Å². The zero-order valence-electron chi connectivity index (χ0n) is 13.0. The van der Waals surface area contributed by atoms with Crippen LogP contribution >= 0.6 is 0 Å². The number of rotatable bonds is 5. The number of nitriles is 1. The van der Waals surface area contributed by atoms with E-state index >= 15 is 0 Å². The second-order valence-electron chi connectivity index (χ2n) is 4.94. The third-order valence-corrected chi connectivity index (χ3v) is 3.33. The van der Waals surface area contributed by atoms with Crippen LogP contribution in [0, 0.1) is 18.3 Å². The van der Waals surface area contributed by atoms with Gasteiger partial charge in [-0.05, 0) is 41.8 Å². The molecule has 0 aliphatic heterocycles. The van der Waals surface area contributed by atoms with Crippen molar-refractivity contribution in [2.75, 3.05) is 7.11 Å². The lowest BCUT2D eigenvalue weighted by molar-refractivity contribution is -0.121. The molecule has 0 spiro atoms. The van der Waals surface area contributed by atoms with Gasteiger partial charge in [0.25, 0.3) is 5.91 Å². The van der Waals surface area contributed by atoms with E-state index in [0.29, 0.717) is 5.56 Å². The summed E-state index contributed by atoms with van der Waals surface area (Å²) in [6.45, 7) is 1.93. The van der Waals surface area contributed by atoms with Crippen LogP contribution in [-0.4, -0.2) is 19.2 Å². The highest BCUT2D eigenvalue weighted by atomic mass is 16.5. The first-order chi connectivity index (χ1) is 11.2. The van der Waals surface area contributed by atoms with Gasteiger partial charge in [0.1, 0.15) is 5.75 Å².